The molecule has 122 valence electrons. The zero-order valence-corrected chi connectivity index (χ0v) is 13.4. The van der Waals surface area contributed by atoms with E-state index in [1.807, 2.05) is 43.3 Å². The zero-order valence-electron chi connectivity index (χ0n) is 13.4. The molecule has 0 aliphatic carbocycles. The number of nitrogens with zero attached hydrogens (tertiary/aromatic N) is 5. The summed E-state index contributed by atoms with van der Waals surface area (Å²) in [5, 5.41) is 8.14. The number of rotatable bonds is 3. The quantitative estimate of drug-likeness (QED) is 0.615. The average Bonchev–Trinajstić information content (AvgIpc) is 3.13. The number of nitrogens with two attached hydrogens (primary N) is 1. The normalized spacial score (nSPS) is 10.8. The number of hydrogen-bond acceptors (Lipinski definition) is 7. The second-order valence-electron chi connectivity index (χ2n) is 5.46. The molecule has 0 atom stereocenters. The number of nitrogen functional groups attached to an aromatic ring is 1. The van der Waals surface area contributed by atoms with E-state index < -0.39 is 0 Å². The molecule has 0 aliphatic heterocycles. The minimum atomic E-state index is 0.234. The lowest BCUT2D eigenvalue weighted by atomic mass is 10.1. The molecule has 0 fully saturated rings. The molecule has 0 saturated carbocycles. The fraction of sp³-hybridized carbons (Fsp3) is 0.0556. The highest BCUT2D eigenvalue weighted by Gasteiger charge is 2.17. The second-order valence-corrected chi connectivity index (χ2v) is 5.46. The number of aryl methyl sites for hydroxylation is 1. The van der Waals surface area contributed by atoms with Gasteiger partial charge in [0.05, 0.1) is 11.9 Å². The van der Waals surface area contributed by atoms with Gasteiger partial charge in [-0.1, -0.05) is 18.2 Å². The van der Waals surface area contributed by atoms with Crippen LogP contribution in [0.15, 0.2) is 59.4 Å². The van der Waals surface area contributed by atoms with E-state index >= 15 is 0 Å². The van der Waals surface area contributed by atoms with Gasteiger partial charge in [0.2, 0.25) is 5.89 Å². The van der Waals surface area contributed by atoms with Crippen LogP contribution in [0.4, 0.5) is 5.82 Å². The SMILES string of the molecule is Cc1cnccc1-c1cnc(N)c(-c2nnc(-c3ccccc3)o2)n1. The van der Waals surface area contributed by atoms with Crippen molar-refractivity contribution >= 4 is 5.82 Å². The average molecular weight is 330 g/mol. The molecule has 1 aromatic carbocycles. The third kappa shape index (κ3) is 2.83. The zero-order chi connectivity index (χ0) is 17.2. The van der Waals surface area contributed by atoms with Gasteiger partial charge in [-0.05, 0) is 30.7 Å². The number of benzene rings is 1. The summed E-state index contributed by atoms with van der Waals surface area (Å²) in [4.78, 5) is 12.9. The van der Waals surface area contributed by atoms with Gasteiger partial charge in [0.1, 0.15) is 0 Å². The van der Waals surface area contributed by atoms with E-state index in [1.165, 1.54) is 0 Å². The number of aromatic nitrogens is 5. The van der Waals surface area contributed by atoms with Crippen LogP contribution >= 0.6 is 0 Å². The van der Waals surface area contributed by atoms with Crippen LogP contribution in [0.3, 0.4) is 0 Å². The third-order valence-corrected chi connectivity index (χ3v) is 3.75. The van der Waals surface area contributed by atoms with Gasteiger partial charge in [0.25, 0.3) is 5.89 Å². The Labute approximate surface area is 143 Å². The van der Waals surface area contributed by atoms with Gasteiger partial charge >= 0.3 is 0 Å². The van der Waals surface area contributed by atoms with Crippen molar-refractivity contribution in [1.29, 1.82) is 0 Å². The maximum absolute atomic E-state index is 5.97. The molecule has 3 heterocycles. The molecule has 3 aromatic heterocycles. The van der Waals surface area contributed by atoms with Crippen molar-refractivity contribution in [3.63, 3.8) is 0 Å². The molecule has 25 heavy (non-hydrogen) atoms. The molecular weight excluding hydrogens is 316 g/mol. The van der Waals surface area contributed by atoms with E-state index in [2.05, 4.69) is 25.1 Å². The fourth-order valence-electron chi connectivity index (χ4n) is 2.46. The predicted molar refractivity (Wildman–Crippen MR) is 93.1 cm³/mol. The van der Waals surface area contributed by atoms with Crippen molar-refractivity contribution in [3.8, 4) is 34.3 Å². The van der Waals surface area contributed by atoms with E-state index in [9.17, 15) is 0 Å². The summed E-state index contributed by atoms with van der Waals surface area (Å²) in [7, 11) is 0. The summed E-state index contributed by atoms with van der Waals surface area (Å²) in [6.07, 6.45) is 5.10. The van der Waals surface area contributed by atoms with Crippen LogP contribution in [-0.4, -0.2) is 25.1 Å². The van der Waals surface area contributed by atoms with Crippen LogP contribution < -0.4 is 5.73 Å². The number of hydrogen-bond donors (Lipinski definition) is 1. The molecule has 0 spiro atoms. The maximum atomic E-state index is 5.97. The van der Waals surface area contributed by atoms with Crippen molar-refractivity contribution in [3.05, 3.63) is 60.6 Å². The van der Waals surface area contributed by atoms with E-state index in [1.54, 1.807) is 18.6 Å². The Bertz CT molecular complexity index is 1030. The first-order chi connectivity index (χ1) is 12.2. The van der Waals surface area contributed by atoms with Crippen molar-refractivity contribution < 1.29 is 4.42 Å². The summed E-state index contributed by atoms with van der Waals surface area (Å²) in [6.45, 7) is 1.96. The van der Waals surface area contributed by atoms with Crippen LogP contribution in [-0.2, 0) is 0 Å². The van der Waals surface area contributed by atoms with Crippen LogP contribution in [0, 0.1) is 6.92 Å². The first kappa shape index (κ1) is 14.9. The van der Waals surface area contributed by atoms with Gasteiger partial charge in [-0.2, -0.15) is 0 Å². The molecule has 0 saturated heterocycles. The van der Waals surface area contributed by atoms with E-state index in [-0.39, 0.29) is 11.7 Å². The lowest BCUT2D eigenvalue weighted by Crippen LogP contribution is -2.00. The molecule has 0 unspecified atom stereocenters. The Morgan fingerprint density at radius 2 is 1.76 bits per heavy atom. The van der Waals surface area contributed by atoms with Gasteiger partial charge < -0.3 is 10.2 Å². The Morgan fingerprint density at radius 1 is 0.960 bits per heavy atom. The Kier molecular flexibility index (Phi) is 3.66. The van der Waals surface area contributed by atoms with Crippen molar-refractivity contribution in [2.24, 2.45) is 0 Å². The van der Waals surface area contributed by atoms with Gasteiger partial charge in [-0.25, -0.2) is 9.97 Å². The fourth-order valence-corrected chi connectivity index (χ4v) is 2.46. The van der Waals surface area contributed by atoms with Crippen LogP contribution in [0.5, 0.6) is 0 Å². The lowest BCUT2D eigenvalue weighted by molar-refractivity contribution is 0.582. The molecule has 0 radical (unpaired) electrons. The van der Waals surface area contributed by atoms with E-state index in [0.29, 0.717) is 17.3 Å². The van der Waals surface area contributed by atoms with Crippen molar-refractivity contribution in [1.82, 2.24) is 25.1 Å². The van der Waals surface area contributed by atoms with Crippen molar-refractivity contribution in [2.45, 2.75) is 6.92 Å². The molecule has 7 nitrogen and oxygen atoms in total. The van der Waals surface area contributed by atoms with Crippen molar-refractivity contribution in [2.75, 3.05) is 5.73 Å². The maximum Gasteiger partial charge on any atom is 0.270 e. The summed E-state index contributed by atoms with van der Waals surface area (Å²) in [5.74, 6) is 0.874. The van der Waals surface area contributed by atoms with E-state index in [0.717, 1.165) is 16.7 Å². The molecule has 4 aromatic rings. The van der Waals surface area contributed by atoms with Gasteiger partial charge in [0, 0.05) is 23.5 Å². The van der Waals surface area contributed by atoms with E-state index in [4.69, 9.17) is 10.2 Å². The number of anilines is 1. The summed E-state index contributed by atoms with van der Waals surface area (Å²) >= 11 is 0. The molecule has 4 rings (SSSR count). The standard InChI is InChI=1S/C18H14N6O/c1-11-9-20-8-7-13(11)14-10-21-16(19)15(22-14)18-24-23-17(25-18)12-5-3-2-4-6-12/h2-10H,1H3,(H2,19,21). The van der Waals surface area contributed by atoms with Crippen LogP contribution in [0.25, 0.3) is 34.3 Å². The Balaban J connectivity index is 1.78. The first-order valence-electron chi connectivity index (χ1n) is 7.65. The minimum Gasteiger partial charge on any atom is -0.414 e. The number of pyridine rings is 1. The second kappa shape index (κ2) is 6.12. The monoisotopic (exact) mass is 330 g/mol. The van der Waals surface area contributed by atoms with Gasteiger partial charge in [-0.3, -0.25) is 4.98 Å². The Morgan fingerprint density at radius 3 is 2.56 bits per heavy atom. The molecule has 2 N–H and O–H groups in total. The minimum absolute atomic E-state index is 0.234. The first-order valence-corrected chi connectivity index (χ1v) is 7.65. The highest BCUT2D eigenvalue weighted by molar-refractivity contribution is 5.69. The predicted octanol–water partition coefficient (Wildman–Crippen LogP) is 3.15. The van der Waals surface area contributed by atoms with Gasteiger partial charge in [-0.15, -0.1) is 10.2 Å². The molecular formula is C18H14N6O. The molecule has 0 amide bonds. The lowest BCUT2D eigenvalue weighted by Gasteiger charge is -2.06. The van der Waals surface area contributed by atoms with Crippen LogP contribution in [0.2, 0.25) is 0 Å². The summed E-state index contributed by atoms with van der Waals surface area (Å²) in [5.41, 5.74) is 9.75. The molecule has 0 bridgehead atoms. The van der Waals surface area contributed by atoms with Crippen LogP contribution in [0.1, 0.15) is 5.56 Å². The largest absolute Gasteiger partial charge is 0.414 e. The highest BCUT2D eigenvalue weighted by atomic mass is 16.4. The molecule has 0 aliphatic rings. The summed E-state index contributed by atoms with van der Waals surface area (Å²) in [6, 6.07) is 11.4. The highest BCUT2D eigenvalue weighted by Crippen LogP contribution is 2.28. The third-order valence-electron chi connectivity index (χ3n) is 3.75. The van der Waals surface area contributed by atoms with Gasteiger partial charge in [0.15, 0.2) is 11.5 Å². The topological polar surface area (TPSA) is 104 Å². The molecule has 7 heteroatoms. The smallest absolute Gasteiger partial charge is 0.270 e. The Hall–Kier alpha value is -3.61. The summed E-state index contributed by atoms with van der Waals surface area (Å²) < 4.78 is 5.74.